The molecule has 150 valence electrons. The first-order valence-corrected chi connectivity index (χ1v) is 9.99. The fourth-order valence-corrected chi connectivity index (χ4v) is 4.36. The zero-order chi connectivity index (χ0) is 20.8. The van der Waals surface area contributed by atoms with Crippen molar-refractivity contribution in [2.75, 3.05) is 9.96 Å². The Balaban J connectivity index is 1.60. The van der Waals surface area contributed by atoms with E-state index in [2.05, 4.69) is 4.98 Å². The number of fused-ring (bicyclic) bond motifs is 1. The van der Waals surface area contributed by atoms with Crippen molar-refractivity contribution < 1.29 is 14.4 Å². The van der Waals surface area contributed by atoms with Gasteiger partial charge in [-0.1, -0.05) is 35.9 Å². The number of pyridine rings is 1. The maximum atomic E-state index is 13.6. The maximum Gasteiger partial charge on any atom is 0.266 e. The molecule has 3 atom stereocenters. The summed E-state index contributed by atoms with van der Waals surface area (Å²) in [6, 6.07) is 17.9. The minimum absolute atomic E-state index is 0.296. The molecule has 2 saturated heterocycles. The highest BCUT2D eigenvalue weighted by Gasteiger charge is 2.60. The lowest BCUT2D eigenvalue weighted by Gasteiger charge is -2.29. The van der Waals surface area contributed by atoms with Gasteiger partial charge in [0.15, 0.2) is 6.10 Å². The average molecular weight is 420 g/mol. The third-order valence-electron chi connectivity index (χ3n) is 5.65. The van der Waals surface area contributed by atoms with E-state index in [1.165, 1.54) is 4.90 Å². The quantitative estimate of drug-likeness (QED) is 0.598. The Morgan fingerprint density at radius 2 is 1.67 bits per heavy atom. The average Bonchev–Trinajstić information content (AvgIpc) is 3.28. The summed E-state index contributed by atoms with van der Waals surface area (Å²) >= 11 is 6.24. The highest BCUT2D eigenvalue weighted by atomic mass is 35.5. The summed E-state index contributed by atoms with van der Waals surface area (Å²) in [6.07, 6.45) is 2.44. The second kappa shape index (κ2) is 7.23. The number of aromatic nitrogens is 1. The highest BCUT2D eigenvalue weighted by Crippen LogP contribution is 2.48. The molecule has 0 radical (unpaired) electrons. The van der Waals surface area contributed by atoms with E-state index in [9.17, 15) is 9.59 Å². The molecule has 0 saturated carbocycles. The lowest BCUT2D eigenvalue weighted by atomic mass is 9.91. The first-order chi connectivity index (χ1) is 14.6. The summed E-state index contributed by atoms with van der Waals surface area (Å²) in [5, 5.41) is 2.17. The number of halogens is 1. The molecule has 2 amide bonds. The third-order valence-corrected chi connectivity index (χ3v) is 6.06. The van der Waals surface area contributed by atoms with Gasteiger partial charge in [0.25, 0.3) is 5.91 Å². The Hall–Kier alpha value is -3.22. The van der Waals surface area contributed by atoms with Gasteiger partial charge in [-0.25, -0.2) is 9.96 Å². The Morgan fingerprint density at radius 3 is 2.40 bits per heavy atom. The van der Waals surface area contributed by atoms with E-state index in [-0.39, 0.29) is 11.8 Å². The van der Waals surface area contributed by atoms with Crippen LogP contribution >= 0.6 is 11.6 Å². The predicted octanol–water partition coefficient (Wildman–Crippen LogP) is 4.09. The number of para-hydroxylation sites is 1. The first kappa shape index (κ1) is 18.8. The number of imide groups is 1. The van der Waals surface area contributed by atoms with Gasteiger partial charge in [0.05, 0.1) is 17.4 Å². The molecule has 3 heterocycles. The van der Waals surface area contributed by atoms with Crippen molar-refractivity contribution in [3.8, 4) is 0 Å². The fourth-order valence-electron chi connectivity index (χ4n) is 4.19. The molecule has 2 aliphatic rings. The molecular formula is C23H18ClN3O3. The number of amides is 2. The van der Waals surface area contributed by atoms with Crippen molar-refractivity contribution in [1.82, 2.24) is 4.98 Å². The van der Waals surface area contributed by atoms with Gasteiger partial charge in [0.2, 0.25) is 5.91 Å². The number of nitrogens with zero attached hydrogens (tertiary/aromatic N) is 3. The molecule has 2 aromatic carbocycles. The number of carbonyl (C=O) groups is 2. The van der Waals surface area contributed by atoms with Gasteiger partial charge in [-0.2, -0.15) is 0 Å². The van der Waals surface area contributed by atoms with Crippen LogP contribution in [0.4, 0.5) is 11.4 Å². The van der Waals surface area contributed by atoms with Gasteiger partial charge in [-0.15, -0.1) is 0 Å². The Bertz CT molecular complexity index is 1120. The smallest absolute Gasteiger partial charge is 0.266 e. The number of hydrogen-bond acceptors (Lipinski definition) is 5. The summed E-state index contributed by atoms with van der Waals surface area (Å²) in [5.41, 5.74) is 2.81. The van der Waals surface area contributed by atoms with Crippen molar-refractivity contribution in [2.45, 2.75) is 19.1 Å². The summed E-state index contributed by atoms with van der Waals surface area (Å²) < 4.78 is 0. The minimum Gasteiger partial charge on any atom is -0.273 e. The van der Waals surface area contributed by atoms with Gasteiger partial charge in [0.1, 0.15) is 5.92 Å². The van der Waals surface area contributed by atoms with E-state index >= 15 is 0 Å². The van der Waals surface area contributed by atoms with Crippen LogP contribution in [-0.4, -0.2) is 22.9 Å². The number of hydrogen-bond donors (Lipinski definition) is 0. The largest absolute Gasteiger partial charge is 0.273 e. The van der Waals surface area contributed by atoms with Gasteiger partial charge in [-0.05, 0) is 54.4 Å². The topological polar surface area (TPSA) is 62.7 Å². The molecule has 0 bridgehead atoms. The van der Waals surface area contributed by atoms with Crippen LogP contribution in [0.15, 0.2) is 73.1 Å². The molecule has 0 aliphatic carbocycles. The number of rotatable bonds is 3. The Morgan fingerprint density at radius 1 is 0.933 bits per heavy atom. The summed E-state index contributed by atoms with van der Waals surface area (Å²) in [4.78, 5) is 38.3. The van der Waals surface area contributed by atoms with E-state index in [0.717, 1.165) is 11.3 Å². The molecule has 5 rings (SSSR count). The molecule has 30 heavy (non-hydrogen) atoms. The SMILES string of the molecule is Cc1c(Cl)cccc1N1C(=O)[C@H]2[C@H](ON(c3ccccc3)[C@H]2c2ccncc2)C1=O. The zero-order valence-corrected chi connectivity index (χ0v) is 16.9. The predicted molar refractivity (Wildman–Crippen MR) is 113 cm³/mol. The van der Waals surface area contributed by atoms with Gasteiger partial charge in [-0.3, -0.25) is 19.4 Å². The monoisotopic (exact) mass is 419 g/mol. The minimum atomic E-state index is -0.908. The van der Waals surface area contributed by atoms with Crippen LogP contribution in [0.25, 0.3) is 0 Å². The summed E-state index contributed by atoms with van der Waals surface area (Å²) in [6.45, 7) is 1.80. The van der Waals surface area contributed by atoms with Crippen molar-refractivity contribution >= 4 is 34.8 Å². The van der Waals surface area contributed by atoms with Crippen LogP contribution in [0, 0.1) is 12.8 Å². The molecule has 7 heteroatoms. The van der Waals surface area contributed by atoms with Gasteiger partial charge in [0, 0.05) is 17.4 Å². The maximum absolute atomic E-state index is 13.6. The van der Waals surface area contributed by atoms with Crippen LogP contribution in [0.2, 0.25) is 5.02 Å². The van der Waals surface area contributed by atoms with Crippen molar-refractivity contribution in [3.05, 3.63) is 89.2 Å². The van der Waals surface area contributed by atoms with Crippen LogP contribution in [0.5, 0.6) is 0 Å². The highest BCUT2D eigenvalue weighted by molar-refractivity contribution is 6.32. The third kappa shape index (κ3) is 2.80. The fraction of sp³-hybridized carbons (Fsp3) is 0.174. The summed E-state index contributed by atoms with van der Waals surface area (Å²) in [7, 11) is 0. The Kier molecular flexibility index (Phi) is 4.53. The van der Waals surface area contributed by atoms with E-state index in [1.807, 2.05) is 42.5 Å². The lowest BCUT2D eigenvalue weighted by Crippen LogP contribution is -2.37. The Labute approximate surface area is 178 Å². The van der Waals surface area contributed by atoms with Crippen LogP contribution in [-0.2, 0) is 14.4 Å². The van der Waals surface area contributed by atoms with Crippen LogP contribution < -0.4 is 9.96 Å². The molecule has 3 aromatic rings. The number of carbonyl (C=O) groups excluding carboxylic acids is 2. The van der Waals surface area contributed by atoms with E-state index in [0.29, 0.717) is 16.3 Å². The summed E-state index contributed by atoms with van der Waals surface area (Å²) in [5.74, 6) is -1.36. The normalized spacial score (nSPS) is 23.2. The van der Waals surface area contributed by atoms with Gasteiger partial charge < -0.3 is 0 Å². The van der Waals surface area contributed by atoms with Crippen LogP contribution in [0.1, 0.15) is 17.2 Å². The standard InChI is InChI=1S/C23H18ClN3O3/c1-14-17(24)8-5-9-18(14)26-22(28)19-20(15-10-12-25-13-11-15)27(30-21(19)23(26)29)16-6-3-2-4-7-16/h2-13,19-21H,1H3/t19-,20+,21+/m1/s1. The molecule has 0 unspecified atom stereocenters. The number of hydroxylamine groups is 1. The van der Waals surface area contributed by atoms with E-state index in [1.54, 1.807) is 42.6 Å². The molecule has 6 nitrogen and oxygen atoms in total. The van der Waals surface area contributed by atoms with Gasteiger partial charge >= 0.3 is 0 Å². The lowest BCUT2D eigenvalue weighted by molar-refractivity contribution is -0.126. The molecular weight excluding hydrogens is 402 g/mol. The zero-order valence-electron chi connectivity index (χ0n) is 16.1. The van der Waals surface area contributed by atoms with E-state index < -0.39 is 18.1 Å². The molecule has 1 aromatic heterocycles. The molecule has 0 spiro atoms. The second-order valence-corrected chi connectivity index (χ2v) is 7.74. The number of anilines is 2. The van der Waals surface area contributed by atoms with Crippen molar-refractivity contribution in [3.63, 3.8) is 0 Å². The van der Waals surface area contributed by atoms with Crippen molar-refractivity contribution in [2.24, 2.45) is 5.92 Å². The molecule has 2 aliphatic heterocycles. The number of benzene rings is 2. The molecule has 2 fully saturated rings. The first-order valence-electron chi connectivity index (χ1n) is 9.62. The van der Waals surface area contributed by atoms with E-state index in [4.69, 9.17) is 16.4 Å². The molecule has 0 N–H and O–H groups in total. The van der Waals surface area contributed by atoms with Crippen LogP contribution in [0.3, 0.4) is 0 Å². The van der Waals surface area contributed by atoms with Crippen molar-refractivity contribution in [1.29, 1.82) is 0 Å². The second-order valence-electron chi connectivity index (χ2n) is 7.33.